The van der Waals surface area contributed by atoms with Crippen molar-refractivity contribution in [2.75, 3.05) is 0 Å². The van der Waals surface area contributed by atoms with Crippen molar-refractivity contribution in [2.45, 2.75) is 12.3 Å². The van der Waals surface area contributed by atoms with Gasteiger partial charge in [0.25, 0.3) is 0 Å². The van der Waals surface area contributed by atoms with E-state index in [2.05, 4.69) is 0 Å². The van der Waals surface area contributed by atoms with Crippen molar-refractivity contribution < 1.29 is 19.1 Å². The maximum Gasteiger partial charge on any atom is 0.312 e. The summed E-state index contributed by atoms with van der Waals surface area (Å²) in [6.07, 6.45) is -0.0219. The predicted octanol–water partition coefficient (Wildman–Crippen LogP) is 2.92. The van der Waals surface area contributed by atoms with Gasteiger partial charge in [-0.25, -0.2) is 0 Å². The summed E-state index contributed by atoms with van der Waals surface area (Å²) < 4.78 is 5.14. The van der Waals surface area contributed by atoms with E-state index in [1.54, 1.807) is 48.5 Å². The molecule has 2 aliphatic rings. The van der Waals surface area contributed by atoms with E-state index in [4.69, 9.17) is 10.00 Å². The largest absolute Gasteiger partial charge is 0.422 e. The van der Waals surface area contributed by atoms with Crippen LogP contribution in [0.4, 0.5) is 0 Å². The highest BCUT2D eigenvalue weighted by Gasteiger charge is 2.42. The maximum absolute atomic E-state index is 13.0. The molecule has 0 radical (unpaired) electrons. The average molecular weight is 329 g/mol. The zero-order valence-electron chi connectivity index (χ0n) is 13.0. The van der Waals surface area contributed by atoms with E-state index < -0.39 is 17.7 Å². The summed E-state index contributed by atoms with van der Waals surface area (Å²) >= 11 is 0. The first-order chi connectivity index (χ1) is 12.1. The third-order valence-corrected chi connectivity index (χ3v) is 4.49. The number of nitriles is 1. The van der Waals surface area contributed by atoms with E-state index in [9.17, 15) is 14.4 Å². The zero-order valence-corrected chi connectivity index (χ0v) is 13.0. The van der Waals surface area contributed by atoms with Gasteiger partial charge in [-0.1, -0.05) is 36.4 Å². The van der Waals surface area contributed by atoms with E-state index >= 15 is 0 Å². The SMILES string of the molecule is N#Cc1ccc([C@@H]2CC(=O)OC3=C2C(=O)c2ccccc2C3=O)cc1. The van der Waals surface area contributed by atoms with Crippen LogP contribution in [0.25, 0.3) is 0 Å². The van der Waals surface area contributed by atoms with Crippen molar-refractivity contribution >= 4 is 17.5 Å². The first-order valence-electron chi connectivity index (χ1n) is 7.73. The smallest absolute Gasteiger partial charge is 0.312 e. The number of allylic oxidation sites excluding steroid dienone is 2. The summed E-state index contributed by atoms with van der Waals surface area (Å²) in [6, 6.07) is 15.2. The van der Waals surface area contributed by atoms with Gasteiger partial charge in [0.1, 0.15) is 0 Å². The Hall–Kier alpha value is -3.52. The number of carbonyl (C=O) groups excluding carboxylic acids is 3. The molecule has 2 aromatic rings. The molecule has 120 valence electrons. The second-order valence-electron chi connectivity index (χ2n) is 5.91. The molecule has 1 heterocycles. The normalized spacial score (nSPS) is 19.0. The monoisotopic (exact) mass is 329 g/mol. The molecule has 0 spiro atoms. The van der Waals surface area contributed by atoms with E-state index in [0.717, 1.165) is 0 Å². The predicted molar refractivity (Wildman–Crippen MR) is 86.7 cm³/mol. The van der Waals surface area contributed by atoms with Gasteiger partial charge in [0, 0.05) is 17.0 Å². The van der Waals surface area contributed by atoms with Gasteiger partial charge in [0.2, 0.25) is 5.78 Å². The summed E-state index contributed by atoms with van der Waals surface area (Å²) in [6.45, 7) is 0. The number of Topliss-reactive ketones (excluding diaryl/α,β-unsaturated/α-hetero) is 2. The molecular weight excluding hydrogens is 318 g/mol. The van der Waals surface area contributed by atoms with Gasteiger partial charge in [-0.15, -0.1) is 0 Å². The second-order valence-corrected chi connectivity index (χ2v) is 5.91. The summed E-state index contributed by atoms with van der Waals surface area (Å²) in [5, 5.41) is 8.92. The lowest BCUT2D eigenvalue weighted by Gasteiger charge is -2.29. The molecule has 0 fully saturated rings. The van der Waals surface area contributed by atoms with Crippen LogP contribution in [-0.4, -0.2) is 17.5 Å². The number of hydrogen-bond donors (Lipinski definition) is 0. The molecule has 0 bridgehead atoms. The van der Waals surface area contributed by atoms with E-state index in [-0.39, 0.29) is 29.1 Å². The molecule has 2 aromatic carbocycles. The molecule has 0 saturated heterocycles. The lowest BCUT2D eigenvalue weighted by molar-refractivity contribution is -0.140. The van der Waals surface area contributed by atoms with Gasteiger partial charge in [-0.3, -0.25) is 14.4 Å². The topological polar surface area (TPSA) is 84.2 Å². The molecule has 0 aromatic heterocycles. The van der Waals surface area contributed by atoms with Crippen LogP contribution in [0.15, 0.2) is 59.9 Å². The van der Waals surface area contributed by atoms with Crippen molar-refractivity contribution in [1.29, 1.82) is 5.26 Å². The lowest BCUT2D eigenvalue weighted by atomic mass is 9.77. The Morgan fingerprint density at radius 3 is 2.20 bits per heavy atom. The van der Waals surface area contributed by atoms with Crippen molar-refractivity contribution in [3.8, 4) is 6.07 Å². The number of ketones is 2. The Morgan fingerprint density at radius 1 is 0.920 bits per heavy atom. The number of esters is 1. The highest BCUT2D eigenvalue weighted by molar-refractivity contribution is 6.27. The standard InChI is InChI=1S/C20H11NO4/c21-10-11-5-7-12(8-6-11)15-9-16(22)25-20-17(15)18(23)13-3-1-2-4-14(13)19(20)24/h1-8,15H,9H2/t15-/m0/s1. The second kappa shape index (κ2) is 5.53. The highest BCUT2D eigenvalue weighted by Crippen LogP contribution is 2.41. The van der Waals surface area contributed by atoms with E-state index in [0.29, 0.717) is 16.7 Å². The molecule has 1 aliphatic carbocycles. The molecule has 4 rings (SSSR count). The van der Waals surface area contributed by atoms with Gasteiger partial charge >= 0.3 is 5.97 Å². The van der Waals surface area contributed by atoms with E-state index in [1.807, 2.05) is 6.07 Å². The number of carbonyl (C=O) groups is 3. The Balaban J connectivity index is 1.88. The summed E-state index contributed by atoms with van der Waals surface area (Å²) in [5.74, 6) is -2.03. The fraction of sp³-hybridized carbons (Fsp3) is 0.100. The Labute approximate surface area is 143 Å². The van der Waals surface area contributed by atoms with Crippen LogP contribution in [0.2, 0.25) is 0 Å². The fourth-order valence-electron chi connectivity index (χ4n) is 3.29. The Bertz CT molecular complexity index is 1010. The van der Waals surface area contributed by atoms with Crippen molar-refractivity contribution in [3.63, 3.8) is 0 Å². The minimum Gasteiger partial charge on any atom is -0.422 e. The summed E-state index contributed by atoms with van der Waals surface area (Å²) in [4.78, 5) is 37.7. The molecule has 1 atom stereocenters. The third-order valence-electron chi connectivity index (χ3n) is 4.49. The molecule has 25 heavy (non-hydrogen) atoms. The van der Waals surface area contributed by atoms with Crippen LogP contribution in [0.5, 0.6) is 0 Å². The minimum absolute atomic E-state index is 0.0219. The zero-order chi connectivity index (χ0) is 17.6. The Kier molecular flexibility index (Phi) is 3.33. The van der Waals surface area contributed by atoms with E-state index in [1.165, 1.54) is 0 Å². The molecule has 0 saturated carbocycles. The summed E-state index contributed by atoms with van der Waals surface area (Å²) in [7, 11) is 0. The van der Waals surface area contributed by atoms with Crippen LogP contribution < -0.4 is 0 Å². The first-order valence-corrected chi connectivity index (χ1v) is 7.73. The van der Waals surface area contributed by atoms with Crippen LogP contribution in [-0.2, 0) is 9.53 Å². The molecule has 5 nitrogen and oxygen atoms in total. The van der Waals surface area contributed by atoms with Gasteiger partial charge < -0.3 is 4.74 Å². The lowest BCUT2D eigenvalue weighted by Crippen LogP contribution is -2.32. The maximum atomic E-state index is 13.0. The Morgan fingerprint density at radius 2 is 1.56 bits per heavy atom. The van der Waals surface area contributed by atoms with Gasteiger partial charge in [0.05, 0.1) is 23.6 Å². The molecule has 0 unspecified atom stereocenters. The average Bonchev–Trinajstić information content (AvgIpc) is 2.65. The minimum atomic E-state index is -0.561. The van der Waals surface area contributed by atoms with Crippen LogP contribution >= 0.6 is 0 Å². The number of benzene rings is 2. The number of nitrogens with zero attached hydrogens (tertiary/aromatic N) is 1. The number of fused-ring (bicyclic) bond motifs is 1. The van der Waals surface area contributed by atoms with Gasteiger partial charge in [0.15, 0.2) is 11.5 Å². The number of ether oxygens (including phenoxy) is 1. The van der Waals surface area contributed by atoms with Crippen LogP contribution in [0.1, 0.15) is 44.2 Å². The molecule has 0 amide bonds. The number of rotatable bonds is 1. The van der Waals surface area contributed by atoms with Gasteiger partial charge in [-0.2, -0.15) is 5.26 Å². The van der Waals surface area contributed by atoms with Crippen molar-refractivity contribution in [2.24, 2.45) is 0 Å². The van der Waals surface area contributed by atoms with Crippen molar-refractivity contribution in [3.05, 3.63) is 82.1 Å². The fourth-order valence-corrected chi connectivity index (χ4v) is 3.29. The molecule has 5 heteroatoms. The molecule has 0 N–H and O–H groups in total. The highest BCUT2D eigenvalue weighted by atomic mass is 16.5. The third kappa shape index (κ3) is 2.27. The first kappa shape index (κ1) is 15.0. The quantitative estimate of drug-likeness (QED) is 0.751. The van der Waals surface area contributed by atoms with Crippen LogP contribution in [0, 0.1) is 11.3 Å². The summed E-state index contributed by atoms with van der Waals surface area (Å²) in [5.41, 5.74) is 1.96. The molecular formula is C20H11NO4. The van der Waals surface area contributed by atoms with Crippen molar-refractivity contribution in [1.82, 2.24) is 0 Å². The molecule has 1 aliphatic heterocycles. The number of hydrogen-bond acceptors (Lipinski definition) is 5. The van der Waals surface area contributed by atoms with Gasteiger partial charge in [-0.05, 0) is 17.7 Å². The van der Waals surface area contributed by atoms with Crippen LogP contribution in [0.3, 0.4) is 0 Å².